The second kappa shape index (κ2) is 7.80. The van der Waals surface area contributed by atoms with Crippen LogP contribution in [0.15, 0.2) is 48.7 Å². The van der Waals surface area contributed by atoms with Gasteiger partial charge in [0.25, 0.3) is 0 Å². The number of rotatable bonds is 6. The van der Waals surface area contributed by atoms with Crippen molar-refractivity contribution in [2.45, 2.75) is 33.0 Å². The van der Waals surface area contributed by atoms with Crippen molar-refractivity contribution in [1.29, 1.82) is 0 Å². The Hall–Kier alpha value is -3.22. The fourth-order valence-corrected chi connectivity index (χ4v) is 3.67. The summed E-state index contributed by atoms with van der Waals surface area (Å²) in [7, 11) is 0. The Morgan fingerprint density at radius 2 is 2.04 bits per heavy atom. The fourth-order valence-electron chi connectivity index (χ4n) is 3.67. The van der Waals surface area contributed by atoms with E-state index in [1.807, 2.05) is 54.1 Å². The number of nitrogens with zero attached hydrogens (tertiary/aromatic N) is 4. The topological polar surface area (TPSA) is 80.1 Å². The van der Waals surface area contributed by atoms with Gasteiger partial charge in [-0.3, -0.25) is 19.3 Å². The summed E-state index contributed by atoms with van der Waals surface area (Å²) in [6.07, 6.45) is 1.95. The van der Waals surface area contributed by atoms with Crippen molar-refractivity contribution in [3.63, 3.8) is 0 Å². The molecule has 144 valence electrons. The molecule has 4 rings (SSSR count). The number of likely N-dealkylation sites (tertiary alicyclic amines) is 1. The summed E-state index contributed by atoms with van der Waals surface area (Å²) < 4.78 is 1.94. The number of amides is 2. The lowest BCUT2D eigenvalue weighted by Crippen LogP contribution is -2.32. The van der Waals surface area contributed by atoms with Gasteiger partial charge in [0.1, 0.15) is 0 Å². The van der Waals surface area contributed by atoms with E-state index in [1.165, 1.54) is 0 Å². The fraction of sp³-hybridized carbons (Fsp3) is 0.333. The Balaban J connectivity index is 1.39. The Morgan fingerprint density at radius 3 is 2.82 bits per heavy atom. The van der Waals surface area contributed by atoms with Crippen molar-refractivity contribution in [1.82, 2.24) is 25.0 Å². The third-order valence-corrected chi connectivity index (χ3v) is 5.13. The van der Waals surface area contributed by atoms with E-state index in [2.05, 4.69) is 15.4 Å². The van der Waals surface area contributed by atoms with Gasteiger partial charge in [-0.1, -0.05) is 24.3 Å². The molecule has 2 aromatic heterocycles. The first-order chi connectivity index (χ1) is 13.7. The van der Waals surface area contributed by atoms with E-state index < -0.39 is 0 Å². The zero-order chi connectivity index (χ0) is 19.5. The van der Waals surface area contributed by atoms with Gasteiger partial charge in [-0.2, -0.15) is 5.10 Å². The Labute approximate surface area is 163 Å². The van der Waals surface area contributed by atoms with Crippen LogP contribution in [0.1, 0.15) is 24.7 Å². The second-order valence-corrected chi connectivity index (χ2v) is 6.99. The molecular weight excluding hydrogens is 354 g/mol. The molecular formula is C21H23N5O2. The van der Waals surface area contributed by atoms with Crippen LogP contribution in [-0.2, 0) is 29.2 Å². The average Bonchev–Trinajstić information content (AvgIpc) is 3.27. The normalized spacial score (nSPS) is 16.7. The zero-order valence-corrected chi connectivity index (χ0v) is 15.8. The Kier molecular flexibility index (Phi) is 5.06. The lowest BCUT2D eigenvalue weighted by molar-refractivity contribution is -0.129. The summed E-state index contributed by atoms with van der Waals surface area (Å²) in [6, 6.07) is 13.6. The molecule has 0 radical (unpaired) electrons. The molecule has 7 heteroatoms. The van der Waals surface area contributed by atoms with Crippen molar-refractivity contribution < 1.29 is 9.59 Å². The minimum Gasteiger partial charge on any atom is -0.350 e. The molecule has 7 nitrogen and oxygen atoms in total. The molecule has 1 aliphatic heterocycles. The highest BCUT2D eigenvalue weighted by Gasteiger charge is 2.34. The molecule has 0 saturated carbocycles. The lowest BCUT2D eigenvalue weighted by atomic mass is 10.1. The maximum absolute atomic E-state index is 12.6. The van der Waals surface area contributed by atoms with Gasteiger partial charge in [0.15, 0.2) is 0 Å². The molecule has 1 aromatic carbocycles. The summed E-state index contributed by atoms with van der Waals surface area (Å²) in [5.74, 6) is -0.450. The highest BCUT2D eigenvalue weighted by molar-refractivity contribution is 5.89. The maximum atomic E-state index is 12.6. The van der Waals surface area contributed by atoms with Crippen LogP contribution in [-0.4, -0.2) is 38.0 Å². The van der Waals surface area contributed by atoms with Gasteiger partial charge < -0.3 is 10.2 Å². The summed E-state index contributed by atoms with van der Waals surface area (Å²) in [5, 5.41) is 8.62. The molecule has 1 fully saturated rings. The van der Waals surface area contributed by atoms with Crippen LogP contribution in [0.5, 0.6) is 0 Å². The number of aryl methyl sites for hydroxylation is 1. The van der Waals surface area contributed by atoms with Gasteiger partial charge in [0, 0.05) is 31.1 Å². The number of para-hydroxylation sites is 1. The molecule has 28 heavy (non-hydrogen) atoms. The van der Waals surface area contributed by atoms with E-state index in [4.69, 9.17) is 0 Å². The van der Waals surface area contributed by atoms with E-state index in [0.29, 0.717) is 19.6 Å². The van der Waals surface area contributed by atoms with E-state index in [1.54, 1.807) is 11.1 Å². The third-order valence-electron chi connectivity index (χ3n) is 5.13. The van der Waals surface area contributed by atoms with Crippen LogP contribution in [0.3, 0.4) is 0 Å². The average molecular weight is 377 g/mol. The van der Waals surface area contributed by atoms with Crippen molar-refractivity contribution in [2.24, 2.45) is 5.92 Å². The smallest absolute Gasteiger partial charge is 0.225 e. The van der Waals surface area contributed by atoms with Crippen molar-refractivity contribution in [3.05, 3.63) is 60.0 Å². The SMILES string of the molecule is CCn1nc(CNC(=O)[C@H]2CC(=O)N(Cc3ccccn3)C2)c2ccccc21. The molecule has 0 spiro atoms. The molecule has 1 saturated heterocycles. The van der Waals surface area contributed by atoms with Crippen LogP contribution in [0, 0.1) is 5.92 Å². The summed E-state index contributed by atoms with van der Waals surface area (Å²) in [6.45, 7) is 4.04. The standard InChI is InChI=1S/C21H23N5O2/c1-2-26-19-9-4-3-8-17(19)18(24-26)12-23-21(28)15-11-20(27)25(13-15)14-16-7-5-6-10-22-16/h3-10,15H,2,11-14H2,1H3,(H,23,28)/t15-/m0/s1. The highest BCUT2D eigenvalue weighted by Crippen LogP contribution is 2.21. The van der Waals surface area contributed by atoms with E-state index in [0.717, 1.165) is 28.8 Å². The molecule has 1 atom stereocenters. The maximum Gasteiger partial charge on any atom is 0.225 e. The molecule has 2 amide bonds. The van der Waals surface area contributed by atoms with Crippen LogP contribution >= 0.6 is 0 Å². The number of benzene rings is 1. The minimum atomic E-state index is -0.337. The Bertz CT molecular complexity index is 998. The first-order valence-corrected chi connectivity index (χ1v) is 9.55. The van der Waals surface area contributed by atoms with Gasteiger partial charge in [-0.15, -0.1) is 0 Å². The molecule has 1 N–H and O–H groups in total. The quantitative estimate of drug-likeness (QED) is 0.714. The van der Waals surface area contributed by atoms with Crippen LogP contribution in [0.25, 0.3) is 10.9 Å². The van der Waals surface area contributed by atoms with E-state index in [-0.39, 0.29) is 24.2 Å². The second-order valence-electron chi connectivity index (χ2n) is 6.99. The van der Waals surface area contributed by atoms with Crippen molar-refractivity contribution in [3.8, 4) is 0 Å². The predicted octanol–water partition coefficient (Wildman–Crippen LogP) is 2.12. The predicted molar refractivity (Wildman–Crippen MR) is 105 cm³/mol. The summed E-state index contributed by atoms with van der Waals surface area (Å²) in [4.78, 5) is 30.9. The number of aromatic nitrogens is 3. The van der Waals surface area contributed by atoms with Crippen molar-refractivity contribution in [2.75, 3.05) is 6.54 Å². The van der Waals surface area contributed by atoms with Gasteiger partial charge in [-0.25, -0.2) is 0 Å². The highest BCUT2D eigenvalue weighted by atomic mass is 16.2. The molecule has 1 aliphatic rings. The molecule has 3 heterocycles. The van der Waals surface area contributed by atoms with Crippen LogP contribution in [0.2, 0.25) is 0 Å². The number of nitrogens with one attached hydrogen (secondary N) is 1. The summed E-state index contributed by atoms with van der Waals surface area (Å²) >= 11 is 0. The molecule has 0 unspecified atom stereocenters. The molecule has 0 aliphatic carbocycles. The number of hydrogen-bond donors (Lipinski definition) is 1. The number of carbonyl (C=O) groups excluding carboxylic acids is 2. The number of fused-ring (bicyclic) bond motifs is 1. The number of carbonyl (C=O) groups is 2. The minimum absolute atomic E-state index is 0.00786. The molecule has 3 aromatic rings. The van der Waals surface area contributed by atoms with Crippen molar-refractivity contribution >= 4 is 22.7 Å². The third kappa shape index (κ3) is 3.60. The Morgan fingerprint density at radius 1 is 1.21 bits per heavy atom. The number of pyridine rings is 1. The largest absolute Gasteiger partial charge is 0.350 e. The van der Waals surface area contributed by atoms with Crippen LogP contribution < -0.4 is 5.32 Å². The molecule has 0 bridgehead atoms. The summed E-state index contributed by atoms with van der Waals surface area (Å²) in [5.41, 5.74) is 2.74. The van der Waals surface area contributed by atoms with E-state index in [9.17, 15) is 9.59 Å². The van der Waals surface area contributed by atoms with Gasteiger partial charge in [0.05, 0.1) is 35.9 Å². The van der Waals surface area contributed by atoms with Crippen LogP contribution in [0.4, 0.5) is 0 Å². The van der Waals surface area contributed by atoms with Gasteiger partial charge in [0.2, 0.25) is 11.8 Å². The lowest BCUT2D eigenvalue weighted by Gasteiger charge is -2.16. The number of hydrogen-bond acceptors (Lipinski definition) is 4. The van der Waals surface area contributed by atoms with Gasteiger partial charge >= 0.3 is 0 Å². The monoisotopic (exact) mass is 377 g/mol. The van der Waals surface area contributed by atoms with Gasteiger partial charge in [-0.05, 0) is 25.1 Å². The zero-order valence-electron chi connectivity index (χ0n) is 15.8. The first kappa shape index (κ1) is 18.2. The first-order valence-electron chi connectivity index (χ1n) is 9.55. The van der Waals surface area contributed by atoms with E-state index >= 15 is 0 Å².